The minimum atomic E-state index is -1.35. The van der Waals surface area contributed by atoms with Crippen molar-refractivity contribution in [2.24, 2.45) is 28.6 Å². The molecule has 4 rings (SSSR count). The quantitative estimate of drug-likeness (QED) is 0.527. The number of fused-ring (bicyclic) bond motifs is 5. The van der Waals surface area contributed by atoms with E-state index >= 15 is 0 Å². The number of carbonyl (C=O) groups is 2. The Kier molecular flexibility index (Phi) is 5.37. The van der Waals surface area contributed by atoms with Gasteiger partial charge in [-0.05, 0) is 66.9 Å². The predicted molar refractivity (Wildman–Crippen MR) is 110 cm³/mol. The van der Waals surface area contributed by atoms with Crippen molar-refractivity contribution in [3.05, 3.63) is 23.8 Å². The van der Waals surface area contributed by atoms with E-state index in [0.717, 1.165) is 19.3 Å². The summed E-state index contributed by atoms with van der Waals surface area (Å²) in [7, 11) is 1.50. The summed E-state index contributed by atoms with van der Waals surface area (Å²) >= 11 is 0. The molecule has 3 saturated carbocycles. The van der Waals surface area contributed by atoms with Crippen LogP contribution in [-0.2, 0) is 19.1 Å². The Morgan fingerprint density at radius 3 is 2.73 bits per heavy atom. The predicted octanol–water partition coefficient (Wildman–Crippen LogP) is 2.58. The monoisotopic (exact) mass is 418 g/mol. The van der Waals surface area contributed by atoms with Crippen LogP contribution < -0.4 is 0 Å². The molecule has 0 radical (unpaired) electrons. The smallest absolute Gasteiger partial charge is 0.194 e. The molecule has 0 heterocycles. The molecule has 166 valence electrons. The van der Waals surface area contributed by atoms with Crippen LogP contribution in [0, 0.1) is 28.6 Å². The van der Waals surface area contributed by atoms with Crippen LogP contribution in [0.15, 0.2) is 23.8 Å². The SMILES string of the molecule is C=C1C[C@H]2[C@@H]3CCC4=CC(=O)CC[C@]4(C)[C@H]3C(O)C[C@]2(C)[C@@]1(OCOC)C(=O)CO. The largest absolute Gasteiger partial charge is 0.393 e. The molecule has 4 aliphatic rings. The van der Waals surface area contributed by atoms with Gasteiger partial charge in [-0.15, -0.1) is 0 Å². The molecular formula is C24H34O6. The lowest BCUT2D eigenvalue weighted by Crippen LogP contribution is -2.63. The third-order valence-corrected chi connectivity index (χ3v) is 8.98. The van der Waals surface area contributed by atoms with Gasteiger partial charge in [0.05, 0.1) is 6.10 Å². The van der Waals surface area contributed by atoms with Gasteiger partial charge in [-0.2, -0.15) is 0 Å². The van der Waals surface area contributed by atoms with Crippen LogP contribution >= 0.6 is 0 Å². The minimum Gasteiger partial charge on any atom is -0.393 e. The number of aliphatic hydroxyl groups excluding tert-OH is 2. The maximum atomic E-state index is 13.1. The van der Waals surface area contributed by atoms with E-state index in [4.69, 9.17) is 9.47 Å². The second-order valence-electron chi connectivity index (χ2n) is 10.2. The average molecular weight is 419 g/mol. The summed E-state index contributed by atoms with van der Waals surface area (Å²) < 4.78 is 11.2. The molecule has 0 aromatic heterocycles. The van der Waals surface area contributed by atoms with Crippen LogP contribution in [0.1, 0.15) is 52.4 Å². The first-order chi connectivity index (χ1) is 14.2. The van der Waals surface area contributed by atoms with Gasteiger partial charge in [-0.1, -0.05) is 26.0 Å². The average Bonchev–Trinajstić information content (AvgIpc) is 2.93. The molecule has 3 fully saturated rings. The number of Topliss-reactive ketones (excluding diaryl/α,β-unsaturated/α-hetero) is 1. The Labute approximate surface area is 178 Å². The lowest BCUT2D eigenvalue weighted by molar-refractivity contribution is -0.209. The van der Waals surface area contributed by atoms with Crippen molar-refractivity contribution in [1.82, 2.24) is 0 Å². The highest BCUT2D eigenvalue weighted by Gasteiger charge is 2.70. The first-order valence-corrected chi connectivity index (χ1v) is 11.0. The maximum absolute atomic E-state index is 13.1. The highest BCUT2D eigenvalue weighted by molar-refractivity contribution is 5.93. The van der Waals surface area contributed by atoms with Crippen LogP contribution in [0.5, 0.6) is 0 Å². The first kappa shape index (κ1) is 21.9. The summed E-state index contributed by atoms with van der Waals surface area (Å²) in [5.41, 5.74) is -0.380. The van der Waals surface area contributed by atoms with E-state index in [1.165, 1.54) is 12.7 Å². The van der Waals surface area contributed by atoms with Crippen LogP contribution in [0.3, 0.4) is 0 Å². The highest BCUT2D eigenvalue weighted by atomic mass is 16.7. The lowest BCUT2D eigenvalue weighted by Gasteiger charge is -2.60. The molecule has 6 nitrogen and oxygen atoms in total. The number of carbonyl (C=O) groups excluding carboxylic acids is 2. The summed E-state index contributed by atoms with van der Waals surface area (Å²) in [5.74, 6) is 0.128. The van der Waals surface area contributed by atoms with Gasteiger partial charge in [0.2, 0.25) is 0 Å². The molecule has 4 aliphatic carbocycles. The van der Waals surface area contributed by atoms with Crippen LogP contribution in [0.25, 0.3) is 0 Å². The van der Waals surface area contributed by atoms with Crippen molar-refractivity contribution in [3.63, 3.8) is 0 Å². The summed E-state index contributed by atoms with van der Waals surface area (Å²) in [6.45, 7) is 7.71. The topological polar surface area (TPSA) is 93.1 Å². The fraction of sp³-hybridized carbons (Fsp3) is 0.750. The van der Waals surface area contributed by atoms with E-state index in [1.807, 2.05) is 13.0 Å². The number of hydrogen-bond donors (Lipinski definition) is 2. The standard InChI is InChI=1S/C24H34O6/c1-14-9-18-17-6-5-15-10-16(26)7-8-22(15,2)21(17)19(27)11-23(18,3)24(14,20(28)12-25)30-13-29-4/h10,17-19,21,25,27H,1,5-9,11-13H2,2-4H3/t17-,18-,19?,21+,22-,23-,24-/m0/s1. The zero-order valence-corrected chi connectivity index (χ0v) is 18.3. The third-order valence-electron chi connectivity index (χ3n) is 8.98. The van der Waals surface area contributed by atoms with E-state index in [2.05, 4.69) is 13.5 Å². The zero-order chi connectivity index (χ0) is 21.9. The van der Waals surface area contributed by atoms with Crippen molar-refractivity contribution in [3.8, 4) is 0 Å². The normalized spacial score (nSPS) is 45.4. The number of hydrogen-bond acceptors (Lipinski definition) is 6. The molecule has 6 heteroatoms. The second kappa shape index (κ2) is 7.37. The number of ketones is 2. The van der Waals surface area contributed by atoms with Crippen LogP contribution in [-0.4, -0.2) is 54.0 Å². The Morgan fingerprint density at radius 2 is 2.07 bits per heavy atom. The van der Waals surface area contributed by atoms with Gasteiger partial charge in [-0.3, -0.25) is 9.59 Å². The molecule has 0 aromatic rings. The van der Waals surface area contributed by atoms with Gasteiger partial charge >= 0.3 is 0 Å². The molecule has 0 saturated heterocycles. The molecule has 1 unspecified atom stereocenters. The summed E-state index contributed by atoms with van der Waals surface area (Å²) in [4.78, 5) is 25.1. The van der Waals surface area contributed by atoms with Crippen LogP contribution in [0.2, 0.25) is 0 Å². The molecule has 0 bridgehead atoms. The molecular weight excluding hydrogens is 384 g/mol. The molecule has 0 spiro atoms. The van der Waals surface area contributed by atoms with Gasteiger partial charge < -0.3 is 19.7 Å². The van der Waals surface area contributed by atoms with E-state index in [9.17, 15) is 19.8 Å². The highest BCUT2D eigenvalue weighted by Crippen LogP contribution is 2.69. The molecule has 7 atom stereocenters. The van der Waals surface area contributed by atoms with Crippen molar-refractivity contribution in [1.29, 1.82) is 0 Å². The Balaban J connectivity index is 1.78. The van der Waals surface area contributed by atoms with E-state index in [0.29, 0.717) is 24.8 Å². The fourth-order valence-corrected chi connectivity index (χ4v) is 7.75. The van der Waals surface area contributed by atoms with Gasteiger partial charge in [0.1, 0.15) is 13.4 Å². The number of rotatable bonds is 5. The molecule has 0 aliphatic heterocycles. The minimum absolute atomic E-state index is 0.0407. The summed E-state index contributed by atoms with van der Waals surface area (Å²) in [5, 5.41) is 21.3. The van der Waals surface area contributed by atoms with E-state index in [-0.39, 0.29) is 35.7 Å². The van der Waals surface area contributed by atoms with Gasteiger partial charge in [0, 0.05) is 18.9 Å². The van der Waals surface area contributed by atoms with E-state index in [1.54, 1.807) is 0 Å². The van der Waals surface area contributed by atoms with E-state index < -0.39 is 29.5 Å². The summed E-state index contributed by atoms with van der Waals surface area (Å²) in [6, 6.07) is 0. The number of allylic oxidation sites excluding steroid dienone is 1. The first-order valence-electron chi connectivity index (χ1n) is 11.0. The van der Waals surface area contributed by atoms with Crippen molar-refractivity contribution >= 4 is 11.6 Å². The van der Waals surface area contributed by atoms with Crippen molar-refractivity contribution in [2.45, 2.75) is 64.1 Å². The van der Waals surface area contributed by atoms with Crippen LogP contribution in [0.4, 0.5) is 0 Å². The fourth-order valence-electron chi connectivity index (χ4n) is 7.75. The Morgan fingerprint density at radius 1 is 1.33 bits per heavy atom. The third kappa shape index (κ3) is 2.70. The van der Waals surface area contributed by atoms with Crippen molar-refractivity contribution < 1.29 is 29.3 Å². The molecule has 30 heavy (non-hydrogen) atoms. The molecule has 0 amide bonds. The van der Waals surface area contributed by atoms with Gasteiger partial charge in [0.25, 0.3) is 0 Å². The number of methoxy groups -OCH3 is 1. The summed E-state index contributed by atoms with van der Waals surface area (Å²) in [6.07, 6.45) is 5.22. The molecule has 0 aromatic carbocycles. The number of ether oxygens (including phenoxy) is 2. The van der Waals surface area contributed by atoms with Gasteiger partial charge in [-0.25, -0.2) is 0 Å². The van der Waals surface area contributed by atoms with Gasteiger partial charge in [0.15, 0.2) is 17.2 Å². The number of aliphatic hydroxyl groups is 2. The molecule has 2 N–H and O–H groups in total. The Hall–Kier alpha value is -1.34. The second-order valence-corrected chi connectivity index (χ2v) is 10.2. The zero-order valence-electron chi connectivity index (χ0n) is 18.3. The lowest BCUT2D eigenvalue weighted by atomic mass is 9.45. The van der Waals surface area contributed by atoms with Crippen molar-refractivity contribution in [2.75, 3.05) is 20.5 Å². The maximum Gasteiger partial charge on any atom is 0.194 e. The Bertz CT molecular complexity index is 802.